The Bertz CT molecular complexity index is 1380. The third kappa shape index (κ3) is 6.00. The molecule has 0 radical (unpaired) electrons. The highest BCUT2D eigenvalue weighted by molar-refractivity contribution is 7.84. The number of hydrogen-bond acceptors (Lipinski definition) is 4. The smallest absolute Gasteiger partial charge is 0.224 e. The molecule has 0 fully saturated rings. The Morgan fingerprint density at radius 2 is 1.63 bits per heavy atom. The number of carbonyl (C=O) groups excluding carboxylic acids is 1. The number of nitrogens with one attached hydrogen (secondary N) is 1. The fraction of sp³-hybridized carbons (Fsp3) is 0.207. The lowest BCUT2D eigenvalue weighted by molar-refractivity contribution is -0.121. The Labute approximate surface area is 208 Å². The minimum atomic E-state index is -0.987. The molecule has 0 bridgehead atoms. The van der Waals surface area contributed by atoms with Crippen LogP contribution >= 0.6 is 0 Å². The minimum absolute atomic E-state index is 0.142. The summed E-state index contributed by atoms with van der Waals surface area (Å²) in [4.78, 5) is 18.3. The standard InChI is InChI=1S/C29H27N3O2S/c1-35(34)19-17-24-25(20-28(33)31-26(16-18-30)21-10-4-2-5-11-21)23-14-8-9-15-27(23)32-29(24)22-12-6-3-7-13-22/h2-15,26H,16-17,19-20H2,1H3,(H,31,33)/t26-,35?/m0/s1. The van der Waals surface area contributed by atoms with Crippen molar-refractivity contribution in [1.82, 2.24) is 10.3 Å². The Balaban J connectivity index is 1.77. The molecule has 1 N–H and O–H groups in total. The molecule has 5 nitrogen and oxygen atoms in total. The largest absolute Gasteiger partial charge is 0.348 e. The molecule has 3 aromatic carbocycles. The van der Waals surface area contributed by atoms with Crippen molar-refractivity contribution in [3.05, 3.63) is 102 Å². The van der Waals surface area contributed by atoms with Gasteiger partial charge >= 0.3 is 0 Å². The molecule has 0 aliphatic rings. The second-order valence-electron chi connectivity index (χ2n) is 8.40. The quantitative estimate of drug-likeness (QED) is 0.359. The van der Waals surface area contributed by atoms with Crippen LogP contribution in [0.3, 0.4) is 0 Å². The second-order valence-corrected chi connectivity index (χ2v) is 9.95. The molecule has 2 atom stereocenters. The van der Waals surface area contributed by atoms with Crippen LogP contribution in [0, 0.1) is 11.3 Å². The van der Waals surface area contributed by atoms with Crippen molar-refractivity contribution in [2.24, 2.45) is 0 Å². The van der Waals surface area contributed by atoms with E-state index in [1.807, 2.05) is 84.9 Å². The molecule has 0 aliphatic heterocycles. The zero-order chi connectivity index (χ0) is 24.6. The van der Waals surface area contributed by atoms with Crippen molar-refractivity contribution in [2.45, 2.75) is 25.3 Å². The zero-order valence-electron chi connectivity index (χ0n) is 19.6. The molecule has 176 valence electrons. The Morgan fingerprint density at radius 3 is 2.31 bits per heavy atom. The van der Waals surface area contributed by atoms with Gasteiger partial charge in [-0.25, -0.2) is 4.98 Å². The molecular formula is C29H27N3O2S. The summed E-state index contributed by atoms with van der Waals surface area (Å²) in [5.41, 5.74) is 5.32. The number of nitrogens with zero attached hydrogens (tertiary/aromatic N) is 2. The van der Waals surface area contributed by atoms with Gasteiger partial charge in [-0.2, -0.15) is 5.26 Å². The van der Waals surface area contributed by atoms with Gasteiger partial charge in [0.05, 0.1) is 36.2 Å². The van der Waals surface area contributed by atoms with E-state index in [0.717, 1.165) is 38.9 Å². The van der Waals surface area contributed by atoms with Gasteiger partial charge in [-0.3, -0.25) is 9.00 Å². The average Bonchev–Trinajstić information content (AvgIpc) is 2.88. The van der Waals surface area contributed by atoms with Gasteiger partial charge in [0.1, 0.15) is 0 Å². The van der Waals surface area contributed by atoms with E-state index in [9.17, 15) is 14.3 Å². The van der Waals surface area contributed by atoms with E-state index < -0.39 is 10.8 Å². The highest BCUT2D eigenvalue weighted by Gasteiger charge is 2.21. The van der Waals surface area contributed by atoms with E-state index in [1.54, 1.807) is 6.26 Å². The van der Waals surface area contributed by atoms with Gasteiger partial charge in [0.25, 0.3) is 0 Å². The van der Waals surface area contributed by atoms with E-state index >= 15 is 0 Å². The van der Waals surface area contributed by atoms with E-state index in [-0.39, 0.29) is 24.8 Å². The molecule has 4 aromatic rings. The summed E-state index contributed by atoms with van der Waals surface area (Å²) in [6.45, 7) is 0. The van der Waals surface area contributed by atoms with Crippen molar-refractivity contribution in [2.75, 3.05) is 12.0 Å². The predicted octanol–water partition coefficient (Wildman–Crippen LogP) is 5.14. The van der Waals surface area contributed by atoms with Crippen LogP contribution in [0.2, 0.25) is 0 Å². The van der Waals surface area contributed by atoms with Crippen molar-refractivity contribution in [1.29, 1.82) is 5.26 Å². The normalized spacial score (nSPS) is 12.6. The summed E-state index contributed by atoms with van der Waals surface area (Å²) >= 11 is 0. The molecular weight excluding hydrogens is 454 g/mol. The minimum Gasteiger partial charge on any atom is -0.348 e. The van der Waals surface area contributed by atoms with Crippen LogP contribution in [0.4, 0.5) is 0 Å². The second kappa shape index (κ2) is 11.5. The molecule has 1 heterocycles. The molecule has 1 unspecified atom stereocenters. The van der Waals surface area contributed by atoms with Crippen LogP contribution in [0.25, 0.3) is 22.2 Å². The molecule has 1 amide bonds. The van der Waals surface area contributed by atoms with E-state index in [0.29, 0.717) is 12.2 Å². The maximum absolute atomic E-state index is 13.4. The van der Waals surface area contributed by atoms with Gasteiger partial charge in [0.15, 0.2) is 0 Å². The highest BCUT2D eigenvalue weighted by Crippen LogP contribution is 2.31. The van der Waals surface area contributed by atoms with Gasteiger partial charge in [-0.1, -0.05) is 78.9 Å². The summed E-state index contributed by atoms with van der Waals surface area (Å²) in [6.07, 6.45) is 2.57. The number of benzene rings is 3. The summed E-state index contributed by atoms with van der Waals surface area (Å²) in [5.74, 6) is 0.318. The molecule has 1 aromatic heterocycles. The highest BCUT2D eigenvalue weighted by atomic mass is 32.2. The Hall–Kier alpha value is -3.82. The molecule has 0 saturated heterocycles. The molecule has 35 heavy (non-hydrogen) atoms. The summed E-state index contributed by atoms with van der Waals surface area (Å²) in [7, 11) is -0.987. The topological polar surface area (TPSA) is 82.8 Å². The van der Waals surface area contributed by atoms with E-state index in [2.05, 4.69) is 11.4 Å². The number of hydrogen-bond donors (Lipinski definition) is 1. The summed E-state index contributed by atoms with van der Waals surface area (Å²) in [5, 5.41) is 13.3. The number of carbonyl (C=O) groups is 1. The maximum atomic E-state index is 13.4. The summed E-state index contributed by atoms with van der Waals surface area (Å²) in [6, 6.07) is 29.0. The van der Waals surface area contributed by atoms with Gasteiger partial charge in [-0.05, 0) is 29.2 Å². The fourth-order valence-corrected chi connectivity index (χ4v) is 4.80. The van der Waals surface area contributed by atoms with Crippen LogP contribution in [0.15, 0.2) is 84.9 Å². The van der Waals surface area contributed by atoms with Gasteiger partial charge in [0.2, 0.25) is 5.91 Å². The molecule has 0 spiro atoms. The Kier molecular flexibility index (Phi) is 8.02. The molecule has 0 saturated carbocycles. The number of para-hydroxylation sites is 1. The maximum Gasteiger partial charge on any atom is 0.224 e. The number of nitriles is 1. The molecule has 4 rings (SSSR count). The number of fused-ring (bicyclic) bond motifs is 1. The Morgan fingerprint density at radius 1 is 0.971 bits per heavy atom. The molecule has 0 aliphatic carbocycles. The predicted molar refractivity (Wildman–Crippen MR) is 141 cm³/mol. The monoisotopic (exact) mass is 481 g/mol. The number of rotatable bonds is 9. The first-order chi connectivity index (χ1) is 17.1. The average molecular weight is 482 g/mol. The molecule has 6 heteroatoms. The third-order valence-electron chi connectivity index (χ3n) is 5.97. The first-order valence-corrected chi connectivity index (χ1v) is 13.3. The van der Waals surface area contributed by atoms with Crippen LogP contribution in [-0.2, 0) is 28.4 Å². The van der Waals surface area contributed by atoms with E-state index in [1.165, 1.54) is 0 Å². The number of aromatic nitrogens is 1. The lowest BCUT2D eigenvalue weighted by Gasteiger charge is -2.20. The van der Waals surface area contributed by atoms with Crippen molar-refractivity contribution < 1.29 is 9.00 Å². The lowest BCUT2D eigenvalue weighted by atomic mass is 9.92. The van der Waals surface area contributed by atoms with Gasteiger partial charge < -0.3 is 5.32 Å². The van der Waals surface area contributed by atoms with Crippen LogP contribution in [0.5, 0.6) is 0 Å². The van der Waals surface area contributed by atoms with Gasteiger partial charge in [0, 0.05) is 33.8 Å². The van der Waals surface area contributed by atoms with Gasteiger partial charge in [-0.15, -0.1) is 0 Å². The third-order valence-corrected chi connectivity index (χ3v) is 6.75. The van der Waals surface area contributed by atoms with Crippen LogP contribution in [-0.4, -0.2) is 27.1 Å². The van der Waals surface area contributed by atoms with Crippen LogP contribution in [0.1, 0.15) is 29.2 Å². The number of amides is 1. The van der Waals surface area contributed by atoms with Crippen molar-refractivity contribution >= 4 is 27.6 Å². The summed E-state index contributed by atoms with van der Waals surface area (Å²) < 4.78 is 12.0. The number of pyridine rings is 1. The zero-order valence-corrected chi connectivity index (χ0v) is 20.4. The van der Waals surface area contributed by atoms with Crippen LogP contribution < -0.4 is 5.32 Å². The van der Waals surface area contributed by atoms with E-state index in [4.69, 9.17) is 4.98 Å². The lowest BCUT2D eigenvalue weighted by Crippen LogP contribution is -2.30. The fourth-order valence-electron chi connectivity index (χ4n) is 4.31. The SMILES string of the molecule is CS(=O)CCc1c(-c2ccccc2)nc2ccccc2c1CC(=O)N[C@@H](CC#N)c1ccccc1. The first-order valence-electron chi connectivity index (χ1n) is 11.5. The first kappa shape index (κ1) is 24.3. The van der Waals surface area contributed by atoms with Crippen molar-refractivity contribution in [3.63, 3.8) is 0 Å². The van der Waals surface area contributed by atoms with Crippen molar-refractivity contribution in [3.8, 4) is 17.3 Å².